The van der Waals surface area contributed by atoms with Gasteiger partial charge in [0.1, 0.15) is 6.23 Å². The number of hydrogen-bond donors (Lipinski definition) is 2. The summed E-state index contributed by atoms with van der Waals surface area (Å²) in [5.41, 5.74) is 0. The van der Waals surface area contributed by atoms with Gasteiger partial charge in [-0.2, -0.15) is 0 Å². The fourth-order valence-electron chi connectivity index (χ4n) is 1.40. The Morgan fingerprint density at radius 2 is 2.00 bits per heavy atom. The van der Waals surface area contributed by atoms with Crippen molar-refractivity contribution >= 4 is 0 Å². The zero-order valence-electron chi connectivity index (χ0n) is 9.26. The summed E-state index contributed by atoms with van der Waals surface area (Å²) in [7, 11) is 1.88. The van der Waals surface area contributed by atoms with Crippen molar-refractivity contribution in [2.45, 2.75) is 31.8 Å². The van der Waals surface area contributed by atoms with E-state index >= 15 is 0 Å². The fraction of sp³-hybridized carbons (Fsp3) is 1.00. The molecule has 0 aromatic carbocycles. The number of rotatable bonds is 0. The molecule has 2 N–H and O–H groups in total. The second-order valence-corrected chi connectivity index (χ2v) is 3.86. The van der Waals surface area contributed by atoms with E-state index in [9.17, 15) is 0 Å². The van der Waals surface area contributed by atoms with Crippen LogP contribution >= 0.6 is 0 Å². The van der Waals surface area contributed by atoms with Crippen LogP contribution in [0.4, 0.5) is 0 Å². The largest absolute Gasteiger partial charge is 0.376 e. The second-order valence-electron chi connectivity index (χ2n) is 3.86. The van der Waals surface area contributed by atoms with E-state index in [0.717, 1.165) is 39.0 Å². The predicted octanol–water partition coefficient (Wildman–Crippen LogP) is -0.228. The molecule has 0 saturated carbocycles. The van der Waals surface area contributed by atoms with Crippen LogP contribution in [0.3, 0.4) is 0 Å². The summed E-state index contributed by atoms with van der Waals surface area (Å²) < 4.78 is 9.79. The lowest BCUT2D eigenvalue weighted by atomic mass is 10.2. The maximum absolute atomic E-state index is 8.98. The lowest BCUT2D eigenvalue weighted by Gasteiger charge is -2.27. The van der Waals surface area contributed by atoms with E-state index < -0.39 is 6.29 Å². The van der Waals surface area contributed by atoms with Crippen LogP contribution in [0.15, 0.2) is 0 Å². The minimum Gasteiger partial charge on any atom is -0.376 e. The third kappa shape index (κ3) is 5.44. The van der Waals surface area contributed by atoms with E-state index in [1.807, 2.05) is 11.9 Å². The normalized spacial score (nSPS) is 33.0. The summed E-state index contributed by atoms with van der Waals surface area (Å²) in [6, 6.07) is 0. The van der Waals surface area contributed by atoms with Gasteiger partial charge in [0.15, 0.2) is 6.29 Å². The molecule has 5 heteroatoms. The van der Waals surface area contributed by atoms with E-state index in [2.05, 4.69) is 0 Å². The Balaban J connectivity index is 0.000000151. The van der Waals surface area contributed by atoms with Gasteiger partial charge in [-0.15, -0.1) is 0 Å². The summed E-state index contributed by atoms with van der Waals surface area (Å²) >= 11 is 0. The molecule has 2 rings (SSSR count). The summed E-state index contributed by atoms with van der Waals surface area (Å²) in [6.45, 7) is 2.77. The molecule has 0 aromatic heterocycles. The topological polar surface area (TPSA) is 62.2 Å². The fourth-order valence-corrected chi connectivity index (χ4v) is 1.40. The summed E-state index contributed by atoms with van der Waals surface area (Å²) in [4.78, 5) is 1.86. The molecule has 2 saturated heterocycles. The van der Waals surface area contributed by atoms with Gasteiger partial charge in [-0.3, -0.25) is 4.90 Å². The molecule has 2 unspecified atom stereocenters. The van der Waals surface area contributed by atoms with Gasteiger partial charge in [-0.25, -0.2) is 0 Å². The molecule has 15 heavy (non-hydrogen) atoms. The van der Waals surface area contributed by atoms with Crippen molar-refractivity contribution in [2.24, 2.45) is 0 Å². The van der Waals surface area contributed by atoms with Crippen LogP contribution in [-0.4, -0.2) is 61.0 Å². The maximum atomic E-state index is 8.98. The molecule has 0 radical (unpaired) electrons. The average Bonchev–Trinajstić information content (AvgIpc) is 2.25. The molecule has 90 valence electrons. The first kappa shape index (κ1) is 12.9. The van der Waals surface area contributed by atoms with E-state index in [1.165, 1.54) is 0 Å². The van der Waals surface area contributed by atoms with Crippen molar-refractivity contribution < 1.29 is 19.7 Å². The highest BCUT2D eigenvalue weighted by molar-refractivity contribution is 4.59. The Bertz CT molecular complexity index is 152. The lowest BCUT2D eigenvalue weighted by Crippen LogP contribution is -2.42. The van der Waals surface area contributed by atoms with Gasteiger partial charge < -0.3 is 19.7 Å². The molecule has 2 aliphatic rings. The van der Waals surface area contributed by atoms with Gasteiger partial charge >= 0.3 is 0 Å². The molecule has 0 amide bonds. The summed E-state index contributed by atoms with van der Waals surface area (Å²) in [5.74, 6) is 0. The molecule has 2 heterocycles. The third-order valence-electron chi connectivity index (χ3n) is 2.52. The monoisotopic (exact) mass is 219 g/mol. The first-order chi connectivity index (χ1) is 7.20. The summed E-state index contributed by atoms with van der Waals surface area (Å²) in [5, 5.41) is 17.7. The molecular formula is C10H21NO4. The van der Waals surface area contributed by atoms with Crippen molar-refractivity contribution in [3.63, 3.8) is 0 Å². The van der Waals surface area contributed by atoms with Gasteiger partial charge in [0.25, 0.3) is 0 Å². The molecule has 0 bridgehead atoms. The molecule has 2 fully saturated rings. The maximum Gasteiger partial charge on any atom is 0.154 e. The van der Waals surface area contributed by atoms with E-state index in [0.29, 0.717) is 6.61 Å². The number of aliphatic hydroxyl groups is 2. The standard InChI is InChI=1S/C5H11NO2.C5H10O2/c1-6-2-3-8-4-5(6)7;6-5-3-1-2-4-7-5/h5,7H,2-4H2,1H3;5-6H,1-4H2. The van der Waals surface area contributed by atoms with Gasteiger partial charge in [0, 0.05) is 13.2 Å². The van der Waals surface area contributed by atoms with Crippen LogP contribution in [0, 0.1) is 0 Å². The van der Waals surface area contributed by atoms with Gasteiger partial charge in [-0.1, -0.05) is 0 Å². The van der Waals surface area contributed by atoms with Crippen LogP contribution in [0.1, 0.15) is 19.3 Å². The molecule has 5 nitrogen and oxygen atoms in total. The third-order valence-corrected chi connectivity index (χ3v) is 2.52. The number of nitrogens with zero attached hydrogens (tertiary/aromatic N) is 1. The Labute approximate surface area is 90.6 Å². The molecule has 0 spiro atoms. The minimum atomic E-state index is -0.464. The van der Waals surface area contributed by atoms with E-state index in [1.54, 1.807) is 0 Å². The Morgan fingerprint density at radius 3 is 2.33 bits per heavy atom. The van der Waals surface area contributed by atoms with Crippen LogP contribution in [-0.2, 0) is 9.47 Å². The van der Waals surface area contributed by atoms with Crippen molar-refractivity contribution in [2.75, 3.05) is 33.4 Å². The molecular weight excluding hydrogens is 198 g/mol. The Hall–Kier alpha value is -0.200. The van der Waals surface area contributed by atoms with Crippen LogP contribution in [0.5, 0.6) is 0 Å². The Kier molecular flexibility index (Phi) is 6.12. The van der Waals surface area contributed by atoms with Gasteiger partial charge in [0.05, 0.1) is 13.2 Å². The minimum absolute atomic E-state index is 0.385. The van der Waals surface area contributed by atoms with Gasteiger partial charge in [0.2, 0.25) is 0 Å². The van der Waals surface area contributed by atoms with Crippen molar-refractivity contribution in [3.8, 4) is 0 Å². The molecule has 0 aromatic rings. The predicted molar refractivity (Wildman–Crippen MR) is 55.3 cm³/mol. The second kappa shape index (κ2) is 7.14. The van der Waals surface area contributed by atoms with E-state index in [4.69, 9.17) is 19.7 Å². The molecule has 2 aliphatic heterocycles. The molecule has 2 atom stereocenters. The van der Waals surface area contributed by atoms with Crippen molar-refractivity contribution in [1.82, 2.24) is 4.90 Å². The quantitative estimate of drug-likeness (QED) is 0.589. The Morgan fingerprint density at radius 1 is 1.20 bits per heavy atom. The van der Waals surface area contributed by atoms with Crippen LogP contribution in [0.2, 0.25) is 0 Å². The zero-order chi connectivity index (χ0) is 11.1. The number of morpholine rings is 1. The zero-order valence-corrected chi connectivity index (χ0v) is 9.26. The highest BCUT2D eigenvalue weighted by Crippen LogP contribution is 2.08. The SMILES string of the molecule is CN1CCOCC1O.OC1CCCCO1. The number of ether oxygens (including phenoxy) is 2. The number of hydrogen-bond acceptors (Lipinski definition) is 5. The number of likely N-dealkylation sites (N-methyl/N-ethyl adjacent to an activating group) is 1. The van der Waals surface area contributed by atoms with Gasteiger partial charge in [-0.05, 0) is 26.3 Å². The van der Waals surface area contributed by atoms with Crippen molar-refractivity contribution in [3.05, 3.63) is 0 Å². The first-order valence-electron chi connectivity index (χ1n) is 5.46. The lowest BCUT2D eigenvalue weighted by molar-refractivity contribution is -0.123. The number of aliphatic hydroxyl groups excluding tert-OH is 2. The molecule has 0 aliphatic carbocycles. The summed E-state index contributed by atoms with van der Waals surface area (Å²) in [6.07, 6.45) is 2.19. The van der Waals surface area contributed by atoms with Crippen LogP contribution < -0.4 is 0 Å². The van der Waals surface area contributed by atoms with E-state index in [-0.39, 0.29) is 6.23 Å². The van der Waals surface area contributed by atoms with Crippen LogP contribution in [0.25, 0.3) is 0 Å². The smallest absolute Gasteiger partial charge is 0.154 e. The first-order valence-corrected chi connectivity index (χ1v) is 5.46. The van der Waals surface area contributed by atoms with Crippen molar-refractivity contribution in [1.29, 1.82) is 0 Å². The highest BCUT2D eigenvalue weighted by Gasteiger charge is 2.14. The average molecular weight is 219 g/mol. The highest BCUT2D eigenvalue weighted by atomic mass is 16.6.